The van der Waals surface area contributed by atoms with Gasteiger partial charge in [-0.3, -0.25) is 14.8 Å². The first-order chi connectivity index (χ1) is 16.0. The minimum Gasteiger partial charge on any atom is -0.478 e. The third-order valence-electron chi connectivity index (χ3n) is 6.46. The Labute approximate surface area is 194 Å². The maximum atomic E-state index is 12.9. The molecule has 0 aromatic carbocycles. The Morgan fingerprint density at radius 2 is 1.91 bits per heavy atom. The number of amides is 1. The Bertz CT molecular complexity index is 1190. The van der Waals surface area contributed by atoms with Gasteiger partial charge in [0.2, 0.25) is 11.8 Å². The molecule has 0 spiro atoms. The first kappa shape index (κ1) is 21.4. The van der Waals surface area contributed by atoms with Gasteiger partial charge in [0.25, 0.3) is 0 Å². The third kappa shape index (κ3) is 4.40. The molecule has 1 amide bonds. The van der Waals surface area contributed by atoms with Gasteiger partial charge in [-0.05, 0) is 56.2 Å². The largest absolute Gasteiger partial charge is 0.478 e. The quantitative estimate of drug-likeness (QED) is 0.575. The predicted molar refractivity (Wildman–Crippen MR) is 127 cm³/mol. The topological polar surface area (TPSA) is 71.5 Å². The zero-order valence-corrected chi connectivity index (χ0v) is 19.4. The lowest BCUT2D eigenvalue weighted by Crippen LogP contribution is -2.48. The molecule has 1 saturated heterocycles. The van der Waals surface area contributed by atoms with Crippen LogP contribution in [0.4, 0.5) is 5.69 Å². The third-order valence-corrected chi connectivity index (χ3v) is 6.46. The molecular formula is C26H29N5O2. The number of rotatable bonds is 6. The molecule has 2 aliphatic heterocycles. The molecule has 170 valence electrons. The van der Waals surface area contributed by atoms with E-state index in [1.54, 1.807) is 6.20 Å². The van der Waals surface area contributed by atoms with E-state index in [1.165, 1.54) is 11.1 Å². The van der Waals surface area contributed by atoms with E-state index >= 15 is 0 Å². The van der Waals surface area contributed by atoms with Gasteiger partial charge in [-0.15, -0.1) is 0 Å². The van der Waals surface area contributed by atoms with Gasteiger partial charge >= 0.3 is 0 Å². The van der Waals surface area contributed by atoms with Crippen LogP contribution in [0, 0.1) is 19.8 Å². The fraction of sp³-hybridized carbons (Fsp3) is 0.385. The highest BCUT2D eigenvalue weighted by atomic mass is 16.5. The fourth-order valence-electron chi connectivity index (χ4n) is 4.75. The van der Waals surface area contributed by atoms with Gasteiger partial charge in [0.1, 0.15) is 0 Å². The maximum absolute atomic E-state index is 12.9. The predicted octanol–water partition coefficient (Wildman–Crippen LogP) is 3.92. The Hall–Kier alpha value is -3.48. The molecule has 0 radical (unpaired) electrons. The lowest BCUT2D eigenvalue weighted by Gasteiger charge is -2.41. The monoisotopic (exact) mass is 443 g/mol. The molecule has 0 N–H and O–H groups in total. The fourth-order valence-corrected chi connectivity index (χ4v) is 4.75. The van der Waals surface area contributed by atoms with Crippen LogP contribution in [0.1, 0.15) is 35.9 Å². The van der Waals surface area contributed by atoms with Crippen LogP contribution in [0.25, 0.3) is 11.3 Å². The molecule has 0 unspecified atom stereocenters. The molecular weight excluding hydrogens is 414 g/mol. The van der Waals surface area contributed by atoms with Crippen LogP contribution in [0.2, 0.25) is 0 Å². The van der Waals surface area contributed by atoms with E-state index < -0.39 is 0 Å². The second-order valence-electron chi connectivity index (χ2n) is 8.95. The van der Waals surface area contributed by atoms with Crippen LogP contribution in [0.3, 0.4) is 0 Å². The average Bonchev–Trinajstić information content (AvgIpc) is 3.21. The maximum Gasteiger partial charge on any atom is 0.223 e. The number of aryl methyl sites for hydroxylation is 2. The molecule has 3 aromatic rings. The van der Waals surface area contributed by atoms with Gasteiger partial charge in [0.15, 0.2) is 0 Å². The molecule has 7 nitrogen and oxygen atoms in total. The van der Waals surface area contributed by atoms with Gasteiger partial charge in [-0.1, -0.05) is 0 Å². The molecule has 2 aliphatic rings. The molecule has 0 aliphatic carbocycles. The minimum atomic E-state index is 0.227. The summed E-state index contributed by atoms with van der Waals surface area (Å²) in [5.41, 5.74) is 7.54. The van der Waals surface area contributed by atoms with Gasteiger partial charge in [0, 0.05) is 67.4 Å². The summed E-state index contributed by atoms with van der Waals surface area (Å²) in [6, 6.07) is 10.1. The number of fused-ring (bicyclic) bond motifs is 1. The Kier molecular flexibility index (Phi) is 5.70. The lowest BCUT2D eigenvalue weighted by atomic mass is 9.94. The Balaban J connectivity index is 1.18. The summed E-state index contributed by atoms with van der Waals surface area (Å²) in [7, 11) is 0. The van der Waals surface area contributed by atoms with Crippen molar-refractivity contribution in [1.29, 1.82) is 0 Å². The summed E-state index contributed by atoms with van der Waals surface area (Å²) >= 11 is 0. The number of hydrogen-bond donors (Lipinski definition) is 0. The molecule has 7 heteroatoms. The van der Waals surface area contributed by atoms with Crippen LogP contribution in [-0.4, -0.2) is 45.5 Å². The van der Waals surface area contributed by atoms with Crippen LogP contribution < -0.4 is 9.64 Å². The zero-order chi connectivity index (χ0) is 22.9. The van der Waals surface area contributed by atoms with Crippen molar-refractivity contribution >= 4 is 11.6 Å². The van der Waals surface area contributed by atoms with Crippen LogP contribution >= 0.6 is 0 Å². The Morgan fingerprint density at radius 3 is 2.73 bits per heavy atom. The average molecular weight is 444 g/mol. The highest BCUT2D eigenvalue weighted by Gasteiger charge is 2.33. The summed E-state index contributed by atoms with van der Waals surface area (Å²) in [4.78, 5) is 30.6. The highest BCUT2D eigenvalue weighted by Crippen LogP contribution is 2.31. The van der Waals surface area contributed by atoms with Crippen LogP contribution in [-0.2, 0) is 17.9 Å². The van der Waals surface area contributed by atoms with Crippen molar-refractivity contribution in [2.24, 2.45) is 5.92 Å². The first-order valence-corrected chi connectivity index (χ1v) is 11.5. The van der Waals surface area contributed by atoms with E-state index in [9.17, 15) is 4.79 Å². The van der Waals surface area contributed by atoms with E-state index in [-0.39, 0.29) is 5.91 Å². The van der Waals surface area contributed by atoms with Gasteiger partial charge in [-0.2, -0.15) is 0 Å². The van der Waals surface area contributed by atoms with Gasteiger partial charge < -0.3 is 14.5 Å². The number of carbonyl (C=O) groups is 1. The molecule has 3 aromatic heterocycles. The lowest BCUT2D eigenvalue weighted by molar-refractivity contribution is -0.133. The smallest absolute Gasteiger partial charge is 0.223 e. The molecule has 5 heterocycles. The Morgan fingerprint density at radius 1 is 1.09 bits per heavy atom. The van der Waals surface area contributed by atoms with E-state index in [0.717, 1.165) is 41.4 Å². The number of aromatic nitrogens is 3. The summed E-state index contributed by atoms with van der Waals surface area (Å²) in [5.74, 6) is 1.21. The summed E-state index contributed by atoms with van der Waals surface area (Å²) in [6.07, 6.45) is 4.17. The second kappa shape index (κ2) is 8.81. The minimum absolute atomic E-state index is 0.227. The van der Waals surface area contributed by atoms with Crippen molar-refractivity contribution in [3.8, 4) is 17.1 Å². The standard InChI is InChI=1S/C26H29N5O2/c1-4-33-25-11-20(5-7-28-25)23-12-21(6-8-27-23)30-13-19(14-30)10-26(32)31-15-22-17(2)9-18(3)29-24(22)16-31/h5-9,11-12,19H,4,10,13-16H2,1-3H3. The highest BCUT2D eigenvalue weighted by molar-refractivity contribution is 5.78. The summed E-state index contributed by atoms with van der Waals surface area (Å²) in [5, 5.41) is 0. The van der Waals surface area contributed by atoms with Crippen LogP contribution in [0.5, 0.6) is 5.88 Å². The number of ether oxygens (including phenoxy) is 1. The van der Waals surface area contributed by atoms with Crippen molar-refractivity contribution < 1.29 is 9.53 Å². The molecule has 0 saturated carbocycles. The number of nitrogens with zero attached hydrogens (tertiary/aromatic N) is 5. The molecule has 5 rings (SSSR count). The van der Waals surface area contributed by atoms with Crippen LogP contribution in [0.15, 0.2) is 42.7 Å². The van der Waals surface area contributed by atoms with Crippen molar-refractivity contribution in [2.75, 3.05) is 24.6 Å². The van der Waals surface area contributed by atoms with Crippen molar-refractivity contribution in [3.63, 3.8) is 0 Å². The first-order valence-electron chi connectivity index (χ1n) is 11.5. The van der Waals surface area contributed by atoms with Crippen molar-refractivity contribution in [1.82, 2.24) is 19.9 Å². The normalized spacial score (nSPS) is 15.4. The van der Waals surface area contributed by atoms with E-state index in [0.29, 0.717) is 37.9 Å². The molecule has 0 bridgehead atoms. The van der Waals surface area contributed by atoms with E-state index in [2.05, 4.69) is 38.9 Å². The van der Waals surface area contributed by atoms with Gasteiger partial charge in [0.05, 0.1) is 24.5 Å². The second-order valence-corrected chi connectivity index (χ2v) is 8.95. The number of carbonyl (C=O) groups excluding carboxylic acids is 1. The molecule has 1 fully saturated rings. The van der Waals surface area contributed by atoms with E-state index in [4.69, 9.17) is 4.74 Å². The summed E-state index contributed by atoms with van der Waals surface area (Å²) < 4.78 is 5.51. The number of anilines is 1. The molecule has 33 heavy (non-hydrogen) atoms. The number of pyridine rings is 3. The van der Waals surface area contributed by atoms with Gasteiger partial charge in [-0.25, -0.2) is 4.98 Å². The van der Waals surface area contributed by atoms with E-state index in [1.807, 2.05) is 43.1 Å². The number of hydrogen-bond acceptors (Lipinski definition) is 6. The van der Waals surface area contributed by atoms with Crippen molar-refractivity contribution in [2.45, 2.75) is 40.3 Å². The molecule has 0 atom stereocenters. The summed E-state index contributed by atoms with van der Waals surface area (Å²) in [6.45, 7) is 9.73. The van der Waals surface area contributed by atoms with Crippen molar-refractivity contribution in [3.05, 3.63) is 65.2 Å². The zero-order valence-electron chi connectivity index (χ0n) is 19.4. The SMILES string of the molecule is CCOc1cc(-c2cc(N3CC(CC(=O)N4Cc5nc(C)cc(C)c5C4)C3)ccn2)ccn1.